The second kappa shape index (κ2) is 7.79. The van der Waals surface area contributed by atoms with E-state index in [9.17, 15) is 4.79 Å². The topological polar surface area (TPSA) is 59.0 Å². The van der Waals surface area contributed by atoms with Gasteiger partial charge in [-0.05, 0) is 18.9 Å². The Morgan fingerprint density at radius 1 is 1.35 bits per heavy atom. The maximum absolute atomic E-state index is 11.3. The molecular formula is C13H22N3O+. The number of rotatable bonds is 7. The number of nitrogens with two attached hydrogens (primary N) is 1. The van der Waals surface area contributed by atoms with Crippen molar-refractivity contribution in [3.63, 3.8) is 0 Å². The maximum atomic E-state index is 11.3. The number of carbonyl (C=O) groups is 1. The molecule has 94 valence electrons. The van der Waals surface area contributed by atoms with Crippen LogP contribution in [0.25, 0.3) is 0 Å². The van der Waals surface area contributed by atoms with Gasteiger partial charge in [-0.25, -0.2) is 4.57 Å². The average Bonchev–Trinajstić information content (AvgIpc) is 2.34. The van der Waals surface area contributed by atoms with E-state index in [1.54, 1.807) is 0 Å². The van der Waals surface area contributed by atoms with Gasteiger partial charge in [-0.2, -0.15) is 0 Å². The summed E-state index contributed by atoms with van der Waals surface area (Å²) in [5.41, 5.74) is 6.57. The van der Waals surface area contributed by atoms with Crippen LogP contribution in [-0.2, 0) is 11.3 Å². The molecule has 0 aromatic carbocycles. The van der Waals surface area contributed by atoms with E-state index in [1.165, 1.54) is 5.56 Å². The van der Waals surface area contributed by atoms with Crippen LogP contribution in [0.1, 0.15) is 24.8 Å². The first-order chi connectivity index (χ1) is 8.22. The number of nitrogens with one attached hydrogen (secondary N) is 1. The molecule has 0 atom stereocenters. The van der Waals surface area contributed by atoms with Gasteiger partial charge in [-0.1, -0.05) is 0 Å². The number of aromatic nitrogens is 1. The fraction of sp³-hybridized carbons (Fsp3) is 0.538. The van der Waals surface area contributed by atoms with Gasteiger partial charge >= 0.3 is 0 Å². The van der Waals surface area contributed by atoms with Crippen LogP contribution in [0.3, 0.4) is 0 Å². The predicted octanol–water partition coefficient (Wildman–Crippen LogP) is 0.528. The second-order valence-corrected chi connectivity index (χ2v) is 4.21. The standard InChI is InChI=1S/C13H21N3O/c1-12-5-10-16(11-6-12)9-3-2-4-13(17)15-8-7-14/h5-6,10-11H,2-4,7-9,14H2,1H3/p+1. The highest BCUT2D eigenvalue weighted by Gasteiger charge is 2.02. The van der Waals surface area contributed by atoms with Gasteiger partial charge in [0.25, 0.3) is 0 Å². The van der Waals surface area contributed by atoms with Gasteiger partial charge in [-0.15, -0.1) is 0 Å². The zero-order valence-electron chi connectivity index (χ0n) is 10.5. The number of unbranched alkanes of at least 4 members (excludes halogenated alkanes) is 1. The summed E-state index contributed by atoms with van der Waals surface area (Å²) >= 11 is 0. The summed E-state index contributed by atoms with van der Waals surface area (Å²) < 4.78 is 2.14. The molecule has 0 aliphatic carbocycles. The summed E-state index contributed by atoms with van der Waals surface area (Å²) in [6.07, 6.45) is 6.67. The summed E-state index contributed by atoms with van der Waals surface area (Å²) in [6, 6.07) is 4.18. The Balaban J connectivity index is 2.11. The van der Waals surface area contributed by atoms with E-state index >= 15 is 0 Å². The van der Waals surface area contributed by atoms with Crippen LogP contribution < -0.4 is 15.6 Å². The highest BCUT2D eigenvalue weighted by molar-refractivity contribution is 5.75. The van der Waals surface area contributed by atoms with Gasteiger partial charge in [0.05, 0.1) is 0 Å². The van der Waals surface area contributed by atoms with Crippen molar-refractivity contribution in [1.82, 2.24) is 5.32 Å². The Morgan fingerprint density at radius 3 is 2.71 bits per heavy atom. The molecule has 4 nitrogen and oxygen atoms in total. The molecule has 0 aliphatic rings. The Labute approximate surface area is 103 Å². The largest absolute Gasteiger partial charge is 0.355 e. The van der Waals surface area contributed by atoms with Crippen molar-refractivity contribution in [3.05, 3.63) is 30.1 Å². The number of aryl methyl sites for hydroxylation is 2. The lowest BCUT2D eigenvalue weighted by Gasteiger charge is -2.02. The summed E-state index contributed by atoms with van der Waals surface area (Å²) in [5, 5.41) is 2.77. The smallest absolute Gasteiger partial charge is 0.220 e. The van der Waals surface area contributed by atoms with E-state index in [1.807, 2.05) is 0 Å². The lowest BCUT2D eigenvalue weighted by atomic mass is 10.2. The molecule has 0 saturated heterocycles. The van der Waals surface area contributed by atoms with Gasteiger partial charge < -0.3 is 11.1 Å². The summed E-state index contributed by atoms with van der Waals surface area (Å²) in [5.74, 6) is 0.101. The Morgan fingerprint density at radius 2 is 2.06 bits per heavy atom. The van der Waals surface area contributed by atoms with Gasteiger partial charge in [0.2, 0.25) is 5.91 Å². The third kappa shape index (κ3) is 6.02. The highest BCUT2D eigenvalue weighted by Crippen LogP contribution is 1.96. The monoisotopic (exact) mass is 236 g/mol. The molecule has 0 aliphatic heterocycles. The lowest BCUT2D eigenvalue weighted by molar-refractivity contribution is -0.697. The predicted molar refractivity (Wildman–Crippen MR) is 67.3 cm³/mol. The quantitative estimate of drug-likeness (QED) is 0.536. The zero-order valence-corrected chi connectivity index (χ0v) is 10.5. The van der Waals surface area contributed by atoms with Crippen molar-refractivity contribution in [2.24, 2.45) is 5.73 Å². The van der Waals surface area contributed by atoms with Crippen LogP contribution in [0.15, 0.2) is 24.5 Å². The minimum Gasteiger partial charge on any atom is -0.355 e. The molecular weight excluding hydrogens is 214 g/mol. The number of hydrogen-bond donors (Lipinski definition) is 2. The molecule has 1 amide bonds. The molecule has 0 spiro atoms. The van der Waals surface area contributed by atoms with E-state index in [-0.39, 0.29) is 5.91 Å². The number of hydrogen-bond acceptors (Lipinski definition) is 2. The minimum atomic E-state index is 0.101. The van der Waals surface area contributed by atoms with E-state index in [4.69, 9.17) is 5.73 Å². The van der Waals surface area contributed by atoms with Crippen LogP contribution >= 0.6 is 0 Å². The molecule has 1 heterocycles. The summed E-state index contributed by atoms with van der Waals surface area (Å²) in [6.45, 7) is 4.12. The third-order valence-corrected chi connectivity index (χ3v) is 2.59. The molecule has 0 fully saturated rings. The first kappa shape index (κ1) is 13.6. The first-order valence-electron chi connectivity index (χ1n) is 6.15. The average molecular weight is 236 g/mol. The van der Waals surface area contributed by atoms with Crippen molar-refractivity contribution in [2.45, 2.75) is 32.7 Å². The lowest BCUT2D eigenvalue weighted by Crippen LogP contribution is -2.33. The van der Waals surface area contributed by atoms with Crippen LogP contribution in [0.5, 0.6) is 0 Å². The maximum Gasteiger partial charge on any atom is 0.220 e. The van der Waals surface area contributed by atoms with Gasteiger partial charge in [-0.3, -0.25) is 4.79 Å². The van der Waals surface area contributed by atoms with Crippen molar-refractivity contribution >= 4 is 5.91 Å². The Kier molecular flexibility index (Phi) is 6.25. The van der Waals surface area contributed by atoms with E-state index in [0.29, 0.717) is 19.5 Å². The molecule has 3 N–H and O–H groups in total. The number of carbonyl (C=O) groups excluding carboxylic acids is 1. The molecule has 0 bridgehead atoms. The third-order valence-electron chi connectivity index (χ3n) is 2.59. The van der Waals surface area contributed by atoms with Crippen molar-refractivity contribution in [3.8, 4) is 0 Å². The van der Waals surface area contributed by atoms with Crippen LogP contribution in [0.4, 0.5) is 0 Å². The van der Waals surface area contributed by atoms with E-state index < -0.39 is 0 Å². The highest BCUT2D eigenvalue weighted by atomic mass is 16.1. The number of pyridine rings is 1. The molecule has 1 aromatic rings. The molecule has 1 aromatic heterocycles. The molecule has 0 unspecified atom stereocenters. The van der Waals surface area contributed by atoms with Crippen molar-refractivity contribution in [1.29, 1.82) is 0 Å². The number of nitrogens with zero attached hydrogens (tertiary/aromatic N) is 1. The van der Waals surface area contributed by atoms with Crippen molar-refractivity contribution < 1.29 is 9.36 Å². The first-order valence-corrected chi connectivity index (χ1v) is 6.15. The molecule has 0 saturated carbocycles. The molecule has 1 rings (SSSR count). The SMILES string of the molecule is Cc1cc[n+](CCCCC(=O)NCCN)cc1. The summed E-state index contributed by atoms with van der Waals surface area (Å²) in [7, 11) is 0. The van der Waals surface area contributed by atoms with E-state index in [0.717, 1.165) is 19.4 Å². The Bertz CT molecular complexity index is 335. The fourth-order valence-electron chi connectivity index (χ4n) is 1.56. The number of amides is 1. The second-order valence-electron chi connectivity index (χ2n) is 4.21. The van der Waals surface area contributed by atoms with Crippen molar-refractivity contribution in [2.75, 3.05) is 13.1 Å². The molecule has 0 radical (unpaired) electrons. The minimum absolute atomic E-state index is 0.101. The fourth-order valence-corrected chi connectivity index (χ4v) is 1.56. The normalized spacial score (nSPS) is 10.2. The van der Waals surface area contributed by atoms with Crippen LogP contribution in [0.2, 0.25) is 0 Å². The van der Waals surface area contributed by atoms with E-state index in [2.05, 4.69) is 41.3 Å². The van der Waals surface area contributed by atoms with Crippen LogP contribution in [-0.4, -0.2) is 19.0 Å². The zero-order chi connectivity index (χ0) is 12.5. The summed E-state index contributed by atoms with van der Waals surface area (Å²) in [4.78, 5) is 11.3. The molecule has 4 heteroatoms. The Hall–Kier alpha value is -1.42. The molecule has 17 heavy (non-hydrogen) atoms. The van der Waals surface area contributed by atoms with Gasteiger partial charge in [0.15, 0.2) is 12.4 Å². The van der Waals surface area contributed by atoms with Crippen LogP contribution in [0, 0.1) is 6.92 Å². The van der Waals surface area contributed by atoms with Gasteiger partial charge in [0, 0.05) is 38.1 Å². The van der Waals surface area contributed by atoms with Gasteiger partial charge in [0.1, 0.15) is 6.54 Å².